The lowest BCUT2D eigenvalue weighted by Crippen LogP contribution is -2.25. The Morgan fingerprint density at radius 2 is 2.21 bits per heavy atom. The first-order valence-electron chi connectivity index (χ1n) is 6.95. The first-order valence-corrected chi connectivity index (χ1v) is 6.95. The minimum atomic E-state index is -0.385. The third-order valence-electron chi connectivity index (χ3n) is 3.94. The fraction of sp³-hybridized carbons (Fsp3) is 0.500. The largest absolute Gasteiger partial charge is 0.494 e. The van der Waals surface area contributed by atoms with E-state index in [0.717, 1.165) is 35.1 Å². The van der Waals surface area contributed by atoms with Gasteiger partial charge in [-0.15, -0.1) is 0 Å². The van der Waals surface area contributed by atoms with Crippen LogP contribution in [0.4, 0.5) is 0 Å². The fourth-order valence-electron chi connectivity index (χ4n) is 3.20. The van der Waals surface area contributed by atoms with Crippen LogP contribution in [0.25, 0.3) is 10.9 Å². The summed E-state index contributed by atoms with van der Waals surface area (Å²) in [5, 5.41) is 11.5. The number of hydrogen-bond donors (Lipinski definition) is 2. The molecule has 102 valence electrons. The normalized spacial score (nSPS) is 21.4. The van der Waals surface area contributed by atoms with Crippen LogP contribution in [-0.4, -0.2) is 16.7 Å². The van der Waals surface area contributed by atoms with Gasteiger partial charge >= 0.3 is 0 Å². The van der Waals surface area contributed by atoms with Crippen molar-refractivity contribution in [3.05, 3.63) is 29.5 Å². The summed E-state index contributed by atoms with van der Waals surface area (Å²) in [6.07, 6.45) is 1.41. The Morgan fingerprint density at radius 1 is 1.42 bits per heavy atom. The summed E-state index contributed by atoms with van der Waals surface area (Å²) in [6.45, 7) is 7.05. The van der Waals surface area contributed by atoms with Gasteiger partial charge in [-0.1, -0.05) is 13.8 Å². The van der Waals surface area contributed by atoms with Gasteiger partial charge in [0.05, 0.1) is 12.7 Å². The maximum absolute atomic E-state index is 10.4. The highest BCUT2D eigenvalue weighted by molar-refractivity contribution is 5.86. The smallest absolute Gasteiger partial charge is 0.120 e. The Labute approximate surface area is 113 Å². The quantitative estimate of drug-likeness (QED) is 0.866. The predicted octanol–water partition coefficient (Wildman–Crippen LogP) is 3.57. The second-order valence-corrected chi connectivity index (χ2v) is 6.22. The number of aromatic nitrogens is 1. The maximum Gasteiger partial charge on any atom is 0.120 e. The molecule has 3 heteroatoms. The number of hydrogen-bond acceptors (Lipinski definition) is 2. The molecule has 1 aliphatic rings. The molecule has 2 aromatic rings. The monoisotopic (exact) mass is 259 g/mol. The zero-order valence-electron chi connectivity index (χ0n) is 11.8. The van der Waals surface area contributed by atoms with Crippen LogP contribution in [0.3, 0.4) is 0 Å². The van der Waals surface area contributed by atoms with Gasteiger partial charge in [0.25, 0.3) is 0 Å². The van der Waals surface area contributed by atoms with Crippen molar-refractivity contribution in [3.8, 4) is 5.75 Å². The van der Waals surface area contributed by atoms with Gasteiger partial charge in [-0.3, -0.25) is 0 Å². The van der Waals surface area contributed by atoms with Crippen LogP contribution < -0.4 is 4.74 Å². The van der Waals surface area contributed by atoms with E-state index in [9.17, 15) is 5.11 Å². The molecule has 0 aliphatic heterocycles. The number of ether oxygens (including phenoxy) is 1. The van der Waals surface area contributed by atoms with Crippen molar-refractivity contribution in [1.29, 1.82) is 0 Å². The molecule has 1 aromatic carbocycles. The molecule has 0 bridgehead atoms. The van der Waals surface area contributed by atoms with Gasteiger partial charge in [-0.05, 0) is 43.4 Å². The number of benzene rings is 1. The SMILES string of the molecule is CCOc1ccc2[nH]c3c(c2c1)C(O)CC(C)(C)C3. The maximum atomic E-state index is 10.4. The molecule has 1 heterocycles. The molecule has 0 radical (unpaired) electrons. The average Bonchev–Trinajstić information content (AvgIpc) is 2.64. The lowest BCUT2D eigenvalue weighted by atomic mass is 9.75. The number of rotatable bonds is 2. The number of aliphatic hydroxyl groups is 1. The van der Waals surface area contributed by atoms with Crippen LogP contribution in [0, 0.1) is 5.41 Å². The van der Waals surface area contributed by atoms with Crippen molar-refractivity contribution in [2.45, 2.75) is 39.7 Å². The van der Waals surface area contributed by atoms with E-state index >= 15 is 0 Å². The van der Waals surface area contributed by atoms with Gasteiger partial charge in [0.2, 0.25) is 0 Å². The van der Waals surface area contributed by atoms with E-state index < -0.39 is 0 Å². The van der Waals surface area contributed by atoms with E-state index in [1.807, 2.05) is 25.1 Å². The summed E-state index contributed by atoms with van der Waals surface area (Å²) in [4.78, 5) is 3.46. The number of H-pyrrole nitrogens is 1. The zero-order valence-corrected chi connectivity index (χ0v) is 11.8. The van der Waals surface area contributed by atoms with Gasteiger partial charge in [0.15, 0.2) is 0 Å². The molecule has 0 saturated carbocycles. The predicted molar refractivity (Wildman–Crippen MR) is 76.5 cm³/mol. The molecule has 3 nitrogen and oxygen atoms in total. The highest BCUT2D eigenvalue weighted by Crippen LogP contribution is 2.44. The molecule has 2 N–H and O–H groups in total. The van der Waals surface area contributed by atoms with Crippen molar-refractivity contribution in [3.63, 3.8) is 0 Å². The van der Waals surface area contributed by atoms with Crippen molar-refractivity contribution in [2.24, 2.45) is 5.41 Å². The molecular weight excluding hydrogens is 238 g/mol. The number of aliphatic hydroxyl groups excluding tert-OH is 1. The molecule has 0 fully saturated rings. The Kier molecular flexibility index (Phi) is 2.82. The zero-order chi connectivity index (χ0) is 13.6. The highest BCUT2D eigenvalue weighted by atomic mass is 16.5. The fourth-order valence-corrected chi connectivity index (χ4v) is 3.20. The molecular formula is C16H21NO2. The van der Waals surface area contributed by atoms with Crippen molar-refractivity contribution >= 4 is 10.9 Å². The Bertz CT molecular complexity index is 612. The van der Waals surface area contributed by atoms with Crippen molar-refractivity contribution < 1.29 is 9.84 Å². The molecule has 1 atom stereocenters. The summed E-state index contributed by atoms with van der Waals surface area (Å²) in [5.41, 5.74) is 3.48. The molecule has 3 rings (SSSR count). The summed E-state index contributed by atoms with van der Waals surface area (Å²) < 4.78 is 5.56. The van der Waals surface area contributed by atoms with Crippen LogP contribution >= 0.6 is 0 Å². The van der Waals surface area contributed by atoms with Crippen LogP contribution in [0.15, 0.2) is 18.2 Å². The summed E-state index contributed by atoms with van der Waals surface area (Å²) >= 11 is 0. The van der Waals surface area contributed by atoms with E-state index in [0.29, 0.717) is 6.61 Å². The topological polar surface area (TPSA) is 45.2 Å². The molecule has 1 aliphatic carbocycles. The van der Waals surface area contributed by atoms with Gasteiger partial charge in [0, 0.05) is 22.2 Å². The Hall–Kier alpha value is -1.48. The first kappa shape index (κ1) is 12.5. The van der Waals surface area contributed by atoms with Crippen LogP contribution in [0.1, 0.15) is 44.6 Å². The minimum absolute atomic E-state index is 0.149. The molecule has 0 spiro atoms. The van der Waals surface area contributed by atoms with Gasteiger partial charge in [0.1, 0.15) is 5.75 Å². The van der Waals surface area contributed by atoms with Crippen molar-refractivity contribution in [1.82, 2.24) is 4.98 Å². The number of aromatic amines is 1. The molecule has 0 saturated heterocycles. The van der Waals surface area contributed by atoms with E-state index in [1.54, 1.807) is 0 Å². The van der Waals surface area contributed by atoms with E-state index in [4.69, 9.17) is 4.74 Å². The lowest BCUT2D eigenvalue weighted by molar-refractivity contribution is 0.100. The second kappa shape index (κ2) is 4.27. The lowest BCUT2D eigenvalue weighted by Gasteiger charge is -2.32. The van der Waals surface area contributed by atoms with Crippen LogP contribution in [-0.2, 0) is 6.42 Å². The molecule has 0 amide bonds. The summed E-state index contributed by atoms with van der Waals surface area (Å²) in [7, 11) is 0. The average molecular weight is 259 g/mol. The Balaban J connectivity index is 2.14. The molecule has 19 heavy (non-hydrogen) atoms. The third kappa shape index (κ3) is 2.12. The van der Waals surface area contributed by atoms with E-state index in [2.05, 4.69) is 18.8 Å². The first-order chi connectivity index (χ1) is 9.00. The van der Waals surface area contributed by atoms with E-state index in [-0.39, 0.29) is 11.5 Å². The Morgan fingerprint density at radius 3 is 2.95 bits per heavy atom. The standard InChI is InChI=1S/C16H21NO2/c1-4-19-10-5-6-12-11(7-10)15-13(17-12)8-16(2,3)9-14(15)18/h5-7,14,17-18H,4,8-9H2,1-3H3. The molecule has 1 unspecified atom stereocenters. The molecule has 1 aromatic heterocycles. The second-order valence-electron chi connectivity index (χ2n) is 6.22. The third-order valence-corrected chi connectivity index (χ3v) is 3.94. The van der Waals surface area contributed by atoms with Gasteiger partial charge in [-0.2, -0.15) is 0 Å². The van der Waals surface area contributed by atoms with E-state index in [1.165, 1.54) is 5.69 Å². The number of fused-ring (bicyclic) bond motifs is 3. The number of nitrogens with one attached hydrogen (secondary N) is 1. The highest BCUT2D eigenvalue weighted by Gasteiger charge is 2.33. The van der Waals surface area contributed by atoms with Crippen LogP contribution in [0.2, 0.25) is 0 Å². The minimum Gasteiger partial charge on any atom is -0.494 e. The summed E-state index contributed by atoms with van der Waals surface area (Å²) in [6, 6.07) is 6.05. The van der Waals surface area contributed by atoms with Gasteiger partial charge in [-0.25, -0.2) is 0 Å². The van der Waals surface area contributed by atoms with Crippen LogP contribution in [0.5, 0.6) is 5.75 Å². The summed E-state index contributed by atoms with van der Waals surface area (Å²) in [5.74, 6) is 0.869. The van der Waals surface area contributed by atoms with Gasteiger partial charge < -0.3 is 14.8 Å². The van der Waals surface area contributed by atoms with Crippen molar-refractivity contribution in [2.75, 3.05) is 6.61 Å².